The summed E-state index contributed by atoms with van der Waals surface area (Å²) in [5.74, 6) is 1.21. The van der Waals surface area contributed by atoms with Crippen LogP contribution in [0.4, 0.5) is 5.82 Å². The summed E-state index contributed by atoms with van der Waals surface area (Å²) < 4.78 is 0. The fourth-order valence-electron chi connectivity index (χ4n) is 1.55. The number of nitrogens with one attached hydrogen (secondary N) is 1. The minimum Gasteiger partial charge on any atom is -0.373 e. The topological polar surface area (TPSA) is 61.6 Å². The molecule has 0 amide bonds. The van der Waals surface area contributed by atoms with Crippen molar-refractivity contribution >= 4 is 5.82 Å². The minimum absolute atomic E-state index is 0.362. The second-order valence-electron chi connectivity index (χ2n) is 3.69. The Morgan fingerprint density at radius 3 is 2.71 bits per heavy atom. The summed E-state index contributed by atoms with van der Waals surface area (Å²) in [6, 6.07) is 11.6. The smallest absolute Gasteiger partial charge is 0.162 e. The molecule has 0 bridgehead atoms. The van der Waals surface area contributed by atoms with Crippen molar-refractivity contribution in [2.45, 2.75) is 6.92 Å². The van der Waals surface area contributed by atoms with Crippen LogP contribution in [0.3, 0.4) is 0 Å². The van der Waals surface area contributed by atoms with Gasteiger partial charge in [0.15, 0.2) is 5.82 Å². The second-order valence-corrected chi connectivity index (χ2v) is 3.69. The number of anilines is 1. The predicted octanol–water partition coefficient (Wildman–Crippen LogP) is 2.37. The highest BCUT2D eigenvalue weighted by Gasteiger charge is 2.05. The predicted molar refractivity (Wildman–Crippen MR) is 66.5 cm³/mol. The standard InChI is InChI=1S/C13H12N4/c1-9-4-3-5-10(6-9)13-16-11(8-14)7-12(15-2)17-13/h3-7H,1-2H3,(H,15,16,17). The number of aromatic nitrogens is 2. The molecule has 4 nitrogen and oxygen atoms in total. The van der Waals surface area contributed by atoms with Crippen LogP contribution in [-0.2, 0) is 0 Å². The van der Waals surface area contributed by atoms with Gasteiger partial charge in [0.2, 0.25) is 0 Å². The van der Waals surface area contributed by atoms with E-state index in [1.807, 2.05) is 37.3 Å². The molecular formula is C13H12N4. The Morgan fingerprint density at radius 1 is 1.24 bits per heavy atom. The van der Waals surface area contributed by atoms with Gasteiger partial charge in [0.05, 0.1) is 0 Å². The van der Waals surface area contributed by atoms with Crippen molar-refractivity contribution in [3.63, 3.8) is 0 Å². The van der Waals surface area contributed by atoms with E-state index in [1.54, 1.807) is 13.1 Å². The van der Waals surface area contributed by atoms with Crippen LogP contribution in [0.2, 0.25) is 0 Å². The first kappa shape index (κ1) is 11.1. The monoisotopic (exact) mass is 224 g/mol. The van der Waals surface area contributed by atoms with Crippen LogP contribution in [-0.4, -0.2) is 17.0 Å². The van der Waals surface area contributed by atoms with E-state index in [4.69, 9.17) is 5.26 Å². The Kier molecular flexibility index (Phi) is 3.01. The average Bonchev–Trinajstić information content (AvgIpc) is 2.38. The molecule has 0 saturated heterocycles. The van der Waals surface area contributed by atoms with Crippen LogP contribution in [0.15, 0.2) is 30.3 Å². The molecule has 1 aromatic heterocycles. The average molecular weight is 224 g/mol. The van der Waals surface area contributed by atoms with Gasteiger partial charge < -0.3 is 5.32 Å². The van der Waals surface area contributed by atoms with Crippen LogP contribution in [0, 0.1) is 18.3 Å². The third kappa shape index (κ3) is 2.40. The highest BCUT2D eigenvalue weighted by atomic mass is 15.0. The number of hydrogen-bond acceptors (Lipinski definition) is 4. The van der Waals surface area contributed by atoms with Crippen molar-refractivity contribution in [2.75, 3.05) is 12.4 Å². The maximum atomic E-state index is 8.92. The van der Waals surface area contributed by atoms with Crippen LogP contribution < -0.4 is 5.32 Å². The highest BCUT2D eigenvalue weighted by Crippen LogP contribution is 2.18. The normalized spacial score (nSPS) is 9.71. The van der Waals surface area contributed by atoms with Crippen LogP contribution in [0.5, 0.6) is 0 Å². The summed E-state index contributed by atoms with van der Waals surface area (Å²) in [6.45, 7) is 2.01. The first-order valence-corrected chi connectivity index (χ1v) is 5.27. The van der Waals surface area contributed by atoms with Crippen molar-refractivity contribution in [3.8, 4) is 17.5 Å². The lowest BCUT2D eigenvalue weighted by atomic mass is 10.1. The van der Waals surface area contributed by atoms with E-state index in [-0.39, 0.29) is 0 Å². The molecule has 0 aliphatic carbocycles. The fraction of sp³-hybridized carbons (Fsp3) is 0.154. The number of hydrogen-bond donors (Lipinski definition) is 1. The highest BCUT2D eigenvalue weighted by molar-refractivity contribution is 5.59. The van der Waals surface area contributed by atoms with Crippen molar-refractivity contribution in [1.29, 1.82) is 5.26 Å². The molecule has 1 aromatic carbocycles. The van der Waals surface area contributed by atoms with Crippen molar-refractivity contribution in [1.82, 2.24) is 9.97 Å². The number of nitriles is 1. The fourth-order valence-corrected chi connectivity index (χ4v) is 1.55. The summed E-state index contributed by atoms with van der Waals surface area (Å²) in [5, 5.41) is 11.8. The maximum absolute atomic E-state index is 8.92. The van der Waals surface area contributed by atoms with Gasteiger partial charge in [-0.2, -0.15) is 5.26 Å². The van der Waals surface area contributed by atoms with Crippen LogP contribution in [0.1, 0.15) is 11.3 Å². The third-order valence-corrected chi connectivity index (χ3v) is 2.37. The van der Waals surface area contributed by atoms with Gasteiger partial charge in [-0.3, -0.25) is 0 Å². The lowest BCUT2D eigenvalue weighted by molar-refractivity contribution is 1.14. The molecule has 0 spiro atoms. The van der Waals surface area contributed by atoms with Crippen molar-refractivity contribution in [2.24, 2.45) is 0 Å². The van der Waals surface area contributed by atoms with Gasteiger partial charge >= 0.3 is 0 Å². The van der Waals surface area contributed by atoms with E-state index in [0.29, 0.717) is 17.3 Å². The lowest BCUT2D eigenvalue weighted by Gasteiger charge is -2.05. The van der Waals surface area contributed by atoms with E-state index >= 15 is 0 Å². The van der Waals surface area contributed by atoms with Gasteiger partial charge in [0.1, 0.15) is 17.6 Å². The van der Waals surface area contributed by atoms with E-state index in [0.717, 1.165) is 11.1 Å². The Bertz CT molecular complexity index is 584. The number of aryl methyl sites for hydroxylation is 1. The van der Waals surface area contributed by atoms with Crippen LogP contribution in [0.25, 0.3) is 11.4 Å². The Balaban J connectivity index is 2.55. The molecule has 1 N–H and O–H groups in total. The lowest BCUT2D eigenvalue weighted by Crippen LogP contribution is -1.99. The first-order valence-electron chi connectivity index (χ1n) is 5.27. The summed E-state index contributed by atoms with van der Waals surface area (Å²) in [4.78, 5) is 8.54. The molecule has 84 valence electrons. The first-order chi connectivity index (χ1) is 8.22. The molecule has 0 aliphatic heterocycles. The van der Waals surface area contributed by atoms with E-state index in [1.165, 1.54) is 0 Å². The largest absolute Gasteiger partial charge is 0.373 e. The van der Waals surface area contributed by atoms with E-state index in [2.05, 4.69) is 15.3 Å². The summed E-state index contributed by atoms with van der Waals surface area (Å²) in [6.07, 6.45) is 0. The molecule has 2 aromatic rings. The number of rotatable bonds is 2. The zero-order valence-corrected chi connectivity index (χ0v) is 9.73. The third-order valence-electron chi connectivity index (χ3n) is 2.37. The molecule has 0 fully saturated rings. The van der Waals surface area contributed by atoms with Gasteiger partial charge in [0, 0.05) is 18.7 Å². The molecule has 0 radical (unpaired) electrons. The SMILES string of the molecule is CNc1cc(C#N)nc(-c2cccc(C)c2)n1. The molecule has 0 aliphatic rings. The van der Waals surface area contributed by atoms with Gasteiger partial charge in [-0.05, 0) is 13.0 Å². The number of benzene rings is 1. The molecule has 0 atom stereocenters. The Labute approximate surface area is 100.0 Å². The molecule has 0 saturated carbocycles. The summed E-state index contributed by atoms with van der Waals surface area (Å²) in [7, 11) is 1.77. The molecular weight excluding hydrogens is 212 g/mol. The number of nitrogens with zero attached hydrogens (tertiary/aromatic N) is 3. The quantitative estimate of drug-likeness (QED) is 0.850. The maximum Gasteiger partial charge on any atom is 0.162 e. The Morgan fingerprint density at radius 2 is 2.06 bits per heavy atom. The Hall–Kier alpha value is -2.41. The van der Waals surface area contributed by atoms with E-state index < -0.39 is 0 Å². The summed E-state index contributed by atoms with van der Waals surface area (Å²) >= 11 is 0. The van der Waals surface area contributed by atoms with Crippen molar-refractivity contribution < 1.29 is 0 Å². The van der Waals surface area contributed by atoms with Crippen molar-refractivity contribution in [3.05, 3.63) is 41.6 Å². The van der Waals surface area contributed by atoms with Crippen LogP contribution >= 0.6 is 0 Å². The van der Waals surface area contributed by atoms with Gasteiger partial charge in [0.25, 0.3) is 0 Å². The molecule has 2 rings (SSSR count). The zero-order chi connectivity index (χ0) is 12.3. The molecule has 1 heterocycles. The molecule has 0 unspecified atom stereocenters. The van der Waals surface area contributed by atoms with Gasteiger partial charge in [-0.25, -0.2) is 9.97 Å². The molecule has 17 heavy (non-hydrogen) atoms. The van der Waals surface area contributed by atoms with Gasteiger partial charge in [-0.1, -0.05) is 23.8 Å². The molecule has 4 heteroatoms. The zero-order valence-electron chi connectivity index (χ0n) is 9.73. The minimum atomic E-state index is 0.362. The van der Waals surface area contributed by atoms with Gasteiger partial charge in [-0.15, -0.1) is 0 Å². The van der Waals surface area contributed by atoms with E-state index in [9.17, 15) is 0 Å². The second kappa shape index (κ2) is 4.62. The summed E-state index contributed by atoms with van der Waals surface area (Å²) in [5.41, 5.74) is 2.42.